The molecular formula is C25H25FN4O5. The van der Waals surface area contributed by atoms with Crippen LogP contribution in [0.4, 0.5) is 14.9 Å². The number of benzene rings is 2. The molecule has 182 valence electrons. The van der Waals surface area contributed by atoms with Crippen molar-refractivity contribution in [3.63, 3.8) is 0 Å². The van der Waals surface area contributed by atoms with Crippen LogP contribution in [0, 0.1) is 5.82 Å². The molecule has 9 nitrogen and oxygen atoms in total. The highest BCUT2D eigenvalue weighted by molar-refractivity contribution is 6.02. The van der Waals surface area contributed by atoms with Gasteiger partial charge in [-0.05, 0) is 55.0 Å². The monoisotopic (exact) mass is 480 g/mol. The van der Waals surface area contributed by atoms with Crippen LogP contribution >= 0.6 is 0 Å². The summed E-state index contributed by atoms with van der Waals surface area (Å²) in [5.41, 5.74) is 8.71. The molecule has 1 atom stereocenters. The Labute approximate surface area is 201 Å². The first-order valence-electron chi connectivity index (χ1n) is 10.8. The minimum atomic E-state index is -1.17. The molecule has 35 heavy (non-hydrogen) atoms. The molecule has 10 heteroatoms. The van der Waals surface area contributed by atoms with Gasteiger partial charge in [-0.1, -0.05) is 12.1 Å². The van der Waals surface area contributed by atoms with E-state index in [2.05, 4.69) is 15.2 Å². The molecule has 2 amide bonds. The third kappa shape index (κ3) is 7.00. The number of nitrogens with one attached hydrogen (secondary N) is 1. The van der Waals surface area contributed by atoms with E-state index in [4.69, 9.17) is 10.5 Å². The van der Waals surface area contributed by atoms with E-state index < -0.39 is 18.2 Å². The van der Waals surface area contributed by atoms with Crippen molar-refractivity contribution in [3.05, 3.63) is 77.7 Å². The summed E-state index contributed by atoms with van der Waals surface area (Å²) in [6.45, 7) is 1.73. The zero-order chi connectivity index (χ0) is 25.4. The van der Waals surface area contributed by atoms with Crippen molar-refractivity contribution in [3.8, 4) is 11.3 Å². The van der Waals surface area contributed by atoms with Crippen molar-refractivity contribution in [2.45, 2.75) is 19.4 Å². The van der Waals surface area contributed by atoms with Gasteiger partial charge in [-0.2, -0.15) is 5.10 Å². The van der Waals surface area contributed by atoms with Crippen LogP contribution in [0.15, 0.2) is 60.8 Å². The van der Waals surface area contributed by atoms with Gasteiger partial charge in [-0.3, -0.25) is 14.3 Å². The lowest BCUT2D eigenvalue weighted by Crippen LogP contribution is -2.35. The van der Waals surface area contributed by atoms with Crippen molar-refractivity contribution in [1.82, 2.24) is 9.78 Å². The van der Waals surface area contributed by atoms with E-state index in [1.54, 1.807) is 67.3 Å². The van der Waals surface area contributed by atoms with Gasteiger partial charge in [0.15, 0.2) is 6.10 Å². The predicted molar refractivity (Wildman–Crippen MR) is 128 cm³/mol. The van der Waals surface area contributed by atoms with Gasteiger partial charge in [0, 0.05) is 36.4 Å². The molecule has 1 heterocycles. The maximum Gasteiger partial charge on any atom is 0.509 e. The summed E-state index contributed by atoms with van der Waals surface area (Å²) in [5.74, 6) is -1.50. The molecular weight excluding hydrogens is 455 g/mol. The molecule has 3 rings (SSSR count). The number of aromatic nitrogens is 2. The van der Waals surface area contributed by atoms with E-state index >= 15 is 0 Å². The van der Waals surface area contributed by atoms with E-state index in [0.29, 0.717) is 16.8 Å². The second-order valence-electron chi connectivity index (χ2n) is 7.49. The highest BCUT2D eigenvalue weighted by Crippen LogP contribution is 2.24. The van der Waals surface area contributed by atoms with Crippen LogP contribution in [0.3, 0.4) is 0 Å². The van der Waals surface area contributed by atoms with Crippen LogP contribution in [-0.4, -0.2) is 40.5 Å². The normalized spacial score (nSPS) is 11.7. The Hall–Kier alpha value is -4.47. The maximum absolute atomic E-state index is 13.3. The van der Waals surface area contributed by atoms with Gasteiger partial charge >= 0.3 is 6.16 Å². The first-order chi connectivity index (χ1) is 16.8. The Morgan fingerprint density at radius 1 is 1.14 bits per heavy atom. The largest absolute Gasteiger partial charge is 0.509 e. The molecule has 0 spiro atoms. The number of anilines is 1. The molecule has 0 fully saturated rings. The van der Waals surface area contributed by atoms with E-state index in [1.807, 2.05) is 0 Å². The van der Waals surface area contributed by atoms with Crippen molar-refractivity contribution >= 4 is 29.7 Å². The molecule has 2 aromatic carbocycles. The summed E-state index contributed by atoms with van der Waals surface area (Å²) in [5, 5.41) is 6.96. The molecule has 1 unspecified atom stereocenters. The van der Waals surface area contributed by atoms with E-state index in [1.165, 1.54) is 18.2 Å². The molecule has 3 N–H and O–H groups in total. The van der Waals surface area contributed by atoms with Crippen LogP contribution in [0.2, 0.25) is 0 Å². The van der Waals surface area contributed by atoms with Gasteiger partial charge in [0.1, 0.15) is 5.82 Å². The molecule has 0 saturated carbocycles. The van der Waals surface area contributed by atoms with Crippen LogP contribution in [0.5, 0.6) is 0 Å². The molecule has 0 aliphatic rings. The Morgan fingerprint density at radius 2 is 1.83 bits per heavy atom. The standard InChI is InChI=1S/C25H25FN4O5/c1-3-34-25(33)35-21(24(27)32)14-16-4-11-20(12-5-16)29-22(31)13-8-18-15-28-30(2)23(18)17-6-9-19(26)10-7-17/h4-13,15,21H,3,14H2,1-2H3,(H2,27,32)(H,29,31)/b13-8+. The number of amides is 2. The number of carbonyl (C=O) groups excluding carboxylic acids is 3. The molecule has 1 aromatic heterocycles. The van der Waals surface area contributed by atoms with Crippen LogP contribution < -0.4 is 11.1 Å². The van der Waals surface area contributed by atoms with Gasteiger partial charge in [0.25, 0.3) is 5.91 Å². The molecule has 0 bridgehead atoms. The van der Waals surface area contributed by atoms with E-state index in [9.17, 15) is 18.8 Å². The minimum Gasteiger partial charge on any atom is -0.435 e. The Bertz CT molecular complexity index is 1220. The zero-order valence-electron chi connectivity index (χ0n) is 19.2. The van der Waals surface area contributed by atoms with Crippen molar-refractivity contribution in [2.75, 3.05) is 11.9 Å². The third-order valence-corrected chi connectivity index (χ3v) is 4.96. The fourth-order valence-corrected chi connectivity index (χ4v) is 3.29. The number of halogens is 1. The SMILES string of the molecule is CCOC(=O)OC(Cc1ccc(NC(=O)/C=C/c2cnn(C)c2-c2ccc(F)cc2)cc1)C(N)=O. The molecule has 0 saturated heterocycles. The highest BCUT2D eigenvalue weighted by atomic mass is 19.1. The fraction of sp³-hybridized carbons (Fsp3) is 0.200. The Kier molecular flexibility index (Phi) is 8.33. The van der Waals surface area contributed by atoms with E-state index in [0.717, 1.165) is 11.3 Å². The first-order valence-corrected chi connectivity index (χ1v) is 10.8. The molecule has 0 aliphatic heterocycles. The summed E-state index contributed by atoms with van der Waals surface area (Å²) in [6, 6.07) is 12.7. The van der Waals surface area contributed by atoms with Crippen LogP contribution in [0.1, 0.15) is 18.1 Å². The highest BCUT2D eigenvalue weighted by Gasteiger charge is 2.21. The minimum absolute atomic E-state index is 0.0649. The summed E-state index contributed by atoms with van der Waals surface area (Å²) in [4.78, 5) is 35.5. The number of nitrogens with zero attached hydrogens (tertiary/aromatic N) is 2. The van der Waals surface area contributed by atoms with Crippen molar-refractivity contribution in [2.24, 2.45) is 12.8 Å². The third-order valence-electron chi connectivity index (χ3n) is 4.96. The van der Waals surface area contributed by atoms with Crippen LogP contribution in [-0.2, 0) is 32.5 Å². The number of hydrogen-bond acceptors (Lipinski definition) is 6. The predicted octanol–water partition coefficient (Wildman–Crippen LogP) is 3.45. The lowest BCUT2D eigenvalue weighted by molar-refractivity contribution is -0.127. The van der Waals surface area contributed by atoms with Gasteiger partial charge in [0.05, 0.1) is 18.5 Å². The van der Waals surface area contributed by atoms with Gasteiger partial charge < -0.3 is 20.5 Å². The maximum atomic E-state index is 13.3. The first kappa shape index (κ1) is 25.2. The molecule has 0 radical (unpaired) electrons. The number of ether oxygens (including phenoxy) is 2. The Morgan fingerprint density at radius 3 is 2.46 bits per heavy atom. The van der Waals surface area contributed by atoms with Gasteiger partial charge in [-0.25, -0.2) is 9.18 Å². The summed E-state index contributed by atoms with van der Waals surface area (Å²) in [7, 11) is 1.76. The summed E-state index contributed by atoms with van der Waals surface area (Å²) in [6.07, 6.45) is 2.53. The number of aryl methyl sites for hydroxylation is 1. The summed E-state index contributed by atoms with van der Waals surface area (Å²) < 4.78 is 24.5. The number of rotatable bonds is 9. The molecule has 0 aliphatic carbocycles. The number of primary amides is 1. The zero-order valence-corrected chi connectivity index (χ0v) is 19.2. The van der Waals surface area contributed by atoms with Gasteiger partial charge in [0.2, 0.25) is 5.91 Å². The smallest absolute Gasteiger partial charge is 0.435 e. The average molecular weight is 480 g/mol. The second kappa shape index (κ2) is 11.6. The molecule has 3 aromatic rings. The number of nitrogens with two attached hydrogens (primary N) is 1. The second-order valence-corrected chi connectivity index (χ2v) is 7.49. The average Bonchev–Trinajstić information content (AvgIpc) is 3.19. The fourth-order valence-electron chi connectivity index (χ4n) is 3.29. The lowest BCUT2D eigenvalue weighted by Gasteiger charge is -2.14. The van der Waals surface area contributed by atoms with E-state index in [-0.39, 0.29) is 24.8 Å². The Balaban J connectivity index is 1.63. The quantitative estimate of drug-likeness (QED) is 0.357. The van der Waals surface area contributed by atoms with Crippen LogP contribution in [0.25, 0.3) is 17.3 Å². The summed E-state index contributed by atoms with van der Waals surface area (Å²) >= 11 is 0. The number of carbonyl (C=O) groups is 3. The van der Waals surface area contributed by atoms with Gasteiger partial charge in [-0.15, -0.1) is 0 Å². The topological polar surface area (TPSA) is 126 Å². The van der Waals surface area contributed by atoms with Crippen molar-refractivity contribution in [1.29, 1.82) is 0 Å². The lowest BCUT2D eigenvalue weighted by atomic mass is 10.1. The number of hydrogen-bond donors (Lipinski definition) is 2. The van der Waals surface area contributed by atoms with Crippen molar-refractivity contribution < 1.29 is 28.2 Å².